The summed E-state index contributed by atoms with van der Waals surface area (Å²) in [5, 5.41) is 9.39. The average Bonchev–Trinajstić information content (AvgIpc) is 2.06. The Bertz CT molecular complexity index is 336. The van der Waals surface area contributed by atoms with E-state index in [-0.39, 0.29) is 18.4 Å². The molecular weight excluding hydrogens is 210 g/mol. The lowest BCUT2D eigenvalue weighted by Gasteiger charge is -2.31. The first kappa shape index (κ1) is 12.3. The van der Waals surface area contributed by atoms with Gasteiger partial charge in [-0.3, -0.25) is 0 Å². The van der Waals surface area contributed by atoms with Crippen LogP contribution >= 0.6 is 12.4 Å². The van der Waals surface area contributed by atoms with E-state index in [0.29, 0.717) is 11.7 Å². The number of halogens is 1. The van der Waals surface area contributed by atoms with Crippen LogP contribution in [-0.4, -0.2) is 5.11 Å². The molecule has 0 radical (unpaired) electrons. The van der Waals surface area contributed by atoms with Crippen LogP contribution in [-0.2, 0) is 0 Å². The van der Waals surface area contributed by atoms with Crippen molar-refractivity contribution in [3.8, 4) is 5.75 Å². The van der Waals surface area contributed by atoms with Gasteiger partial charge >= 0.3 is 0 Å². The lowest BCUT2D eigenvalue weighted by atomic mass is 9.77. The standard InChI is InChI=1S/C12H17NO.ClH/c1-8-7-10(5-6-11(8)14)12(13)9-3-2-4-9;/h5-7,9,12,14H,2-4,13H2,1H3;1H/t12-;/m1./s1. The summed E-state index contributed by atoms with van der Waals surface area (Å²) in [5.41, 5.74) is 8.21. The van der Waals surface area contributed by atoms with Gasteiger partial charge < -0.3 is 10.8 Å². The number of benzene rings is 1. The fraction of sp³-hybridized carbons (Fsp3) is 0.500. The van der Waals surface area contributed by atoms with Gasteiger partial charge in [-0.25, -0.2) is 0 Å². The van der Waals surface area contributed by atoms with E-state index in [1.165, 1.54) is 19.3 Å². The molecule has 0 unspecified atom stereocenters. The molecule has 0 amide bonds. The van der Waals surface area contributed by atoms with Gasteiger partial charge in [0.25, 0.3) is 0 Å². The van der Waals surface area contributed by atoms with E-state index < -0.39 is 0 Å². The van der Waals surface area contributed by atoms with Crippen LogP contribution in [0.2, 0.25) is 0 Å². The third kappa shape index (κ3) is 2.44. The van der Waals surface area contributed by atoms with Gasteiger partial charge in [-0.2, -0.15) is 0 Å². The Morgan fingerprint density at radius 1 is 1.40 bits per heavy atom. The van der Waals surface area contributed by atoms with E-state index >= 15 is 0 Å². The molecule has 2 nitrogen and oxygen atoms in total. The van der Waals surface area contributed by atoms with Gasteiger partial charge in [0.2, 0.25) is 0 Å². The van der Waals surface area contributed by atoms with Crippen molar-refractivity contribution in [2.24, 2.45) is 11.7 Å². The fourth-order valence-electron chi connectivity index (χ4n) is 1.96. The third-order valence-electron chi connectivity index (χ3n) is 3.26. The first-order chi connectivity index (χ1) is 6.68. The number of rotatable bonds is 2. The van der Waals surface area contributed by atoms with E-state index in [4.69, 9.17) is 5.73 Å². The Labute approximate surface area is 96.9 Å². The Kier molecular flexibility index (Phi) is 4.00. The topological polar surface area (TPSA) is 46.2 Å². The lowest BCUT2D eigenvalue weighted by molar-refractivity contribution is 0.264. The normalized spacial score (nSPS) is 17.7. The number of aryl methyl sites for hydroxylation is 1. The van der Waals surface area contributed by atoms with Crippen LogP contribution < -0.4 is 5.73 Å². The number of phenolic OH excluding ortho intramolecular Hbond substituents is 1. The van der Waals surface area contributed by atoms with E-state index in [0.717, 1.165) is 11.1 Å². The summed E-state index contributed by atoms with van der Waals surface area (Å²) < 4.78 is 0. The number of hydrogen-bond donors (Lipinski definition) is 2. The summed E-state index contributed by atoms with van der Waals surface area (Å²) in [4.78, 5) is 0. The molecule has 1 atom stereocenters. The third-order valence-corrected chi connectivity index (χ3v) is 3.26. The van der Waals surface area contributed by atoms with E-state index in [2.05, 4.69) is 0 Å². The molecule has 0 bridgehead atoms. The summed E-state index contributed by atoms with van der Waals surface area (Å²) in [6, 6.07) is 5.83. The van der Waals surface area contributed by atoms with Gasteiger partial charge in [0.05, 0.1) is 0 Å². The van der Waals surface area contributed by atoms with Crippen molar-refractivity contribution in [2.75, 3.05) is 0 Å². The zero-order valence-electron chi connectivity index (χ0n) is 8.94. The Balaban J connectivity index is 0.00000112. The Morgan fingerprint density at radius 3 is 2.53 bits per heavy atom. The molecule has 1 saturated carbocycles. The van der Waals surface area contributed by atoms with Crippen LogP contribution in [0.5, 0.6) is 5.75 Å². The van der Waals surface area contributed by atoms with Crippen LogP contribution in [0.25, 0.3) is 0 Å². The molecule has 1 aliphatic rings. The Hall–Kier alpha value is -0.730. The predicted octanol–water partition coefficient (Wildman–Crippen LogP) is 2.92. The zero-order chi connectivity index (χ0) is 10.1. The molecule has 15 heavy (non-hydrogen) atoms. The van der Waals surface area contributed by atoms with E-state index in [1.54, 1.807) is 6.07 Å². The number of aromatic hydroxyl groups is 1. The molecule has 0 aromatic heterocycles. The molecule has 0 spiro atoms. The van der Waals surface area contributed by atoms with Gasteiger partial charge in [0.15, 0.2) is 0 Å². The molecule has 3 heteroatoms. The van der Waals surface area contributed by atoms with Crippen LogP contribution in [0.3, 0.4) is 0 Å². The van der Waals surface area contributed by atoms with E-state index in [1.807, 2.05) is 19.1 Å². The maximum Gasteiger partial charge on any atom is 0.118 e. The van der Waals surface area contributed by atoms with Crippen LogP contribution in [0.15, 0.2) is 18.2 Å². The monoisotopic (exact) mass is 227 g/mol. The molecule has 3 N–H and O–H groups in total. The minimum atomic E-state index is 0. The summed E-state index contributed by atoms with van der Waals surface area (Å²) >= 11 is 0. The van der Waals surface area contributed by atoms with Crippen molar-refractivity contribution in [2.45, 2.75) is 32.2 Å². The minimum Gasteiger partial charge on any atom is -0.508 e. The van der Waals surface area contributed by atoms with Crippen LogP contribution in [0.1, 0.15) is 36.4 Å². The largest absolute Gasteiger partial charge is 0.508 e. The average molecular weight is 228 g/mol. The van der Waals surface area contributed by atoms with Crippen molar-refractivity contribution in [1.29, 1.82) is 0 Å². The van der Waals surface area contributed by atoms with Crippen molar-refractivity contribution in [3.63, 3.8) is 0 Å². The molecule has 1 aromatic carbocycles. The highest BCUT2D eigenvalue weighted by Crippen LogP contribution is 2.36. The van der Waals surface area contributed by atoms with Gasteiger partial charge in [-0.15, -0.1) is 12.4 Å². The van der Waals surface area contributed by atoms with Crippen molar-refractivity contribution in [3.05, 3.63) is 29.3 Å². The second-order valence-electron chi connectivity index (χ2n) is 4.26. The highest BCUT2D eigenvalue weighted by atomic mass is 35.5. The number of hydrogen-bond acceptors (Lipinski definition) is 2. The number of nitrogens with two attached hydrogens (primary N) is 1. The Morgan fingerprint density at radius 2 is 2.07 bits per heavy atom. The molecule has 84 valence electrons. The second-order valence-corrected chi connectivity index (χ2v) is 4.26. The van der Waals surface area contributed by atoms with Gasteiger partial charge in [-0.05, 0) is 42.9 Å². The molecule has 1 fully saturated rings. The summed E-state index contributed by atoms with van der Waals surface area (Å²) in [5.74, 6) is 1.01. The second kappa shape index (κ2) is 4.86. The maximum absolute atomic E-state index is 9.39. The highest BCUT2D eigenvalue weighted by molar-refractivity contribution is 5.85. The fourth-order valence-corrected chi connectivity index (χ4v) is 1.96. The molecule has 0 heterocycles. The first-order valence-corrected chi connectivity index (χ1v) is 5.23. The maximum atomic E-state index is 9.39. The summed E-state index contributed by atoms with van der Waals surface area (Å²) in [6.07, 6.45) is 3.82. The molecule has 1 aliphatic carbocycles. The zero-order valence-corrected chi connectivity index (χ0v) is 9.76. The summed E-state index contributed by atoms with van der Waals surface area (Å²) in [6.45, 7) is 1.91. The van der Waals surface area contributed by atoms with E-state index in [9.17, 15) is 5.11 Å². The molecule has 0 saturated heterocycles. The number of phenols is 1. The molecule has 2 rings (SSSR count). The molecular formula is C12H18ClNO. The van der Waals surface area contributed by atoms with Gasteiger partial charge in [-0.1, -0.05) is 18.6 Å². The van der Waals surface area contributed by atoms with Crippen LogP contribution in [0.4, 0.5) is 0 Å². The van der Waals surface area contributed by atoms with Gasteiger partial charge in [0, 0.05) is 6.04 Å². The molecule has 1 aromatic rings. The predicted molar refractivity (Wildman–Crippen MR) is 64.4 cm³/mol. The van der Waals surface area contributed by atoms with Gasteiger partial charge in [0.1, 0.15) is 5.75 Å². The highest BCUT2D eigenvalue weighted by Gasteiger charge is 2.25. The SMILES string of the molecule is Cc1cc([C@H](N)C2CCC2)ccc1O.Cl. The van der Waals surface area contributed by atoms with Crippen molar-refractivity contribution in [1.82, 2.24) is 0 Å². The van der Waals surface area contributed by atoms with Crippen molar-refractivity contribution >= 4 is 12.4 Å². The minimum absolute atomic E-state index is 0. The van der Waals surface area contributed by atoms with Crippen LogP contribution in [0, 0.1) is 12.8 Å². The quantitative estimate of drug-likeness (QED) is 0.816. The molecule has 0 aliphatic heterocycles. The summed E-state index contributed by atoms with van der Waals surface area (Å²) in [7, 11) is 0. The lowest BCUT2D eigenvalue weighted by Crippen LogP contribution is -2.26. The van der Waals surface area contributed by atoms with Crippen molar-refractivity contribution < 1.29 is 5.11 Å². The smallest absolute Gasteiger partial charge is 0.118 e. The first-order valence-electron chi connectivity index (χ1n) is 5.23.